The Labute approximate surface area is 162 Å². The smallest absolute Gasteiger partial charge is 0.375 e. The summed E-state index contributed by atoms with van der Waals surface area (Å²) in [5, 5.41) is 0. The molecule has 1 aliphatic heterocycles. The number of hydrogen-bond acceptors (Lipinski definition) is 5. The van der Waals surface area contributed by atoms with Gasteiger partial charge in [-0.3, -0.25) is 0 Å². The first kappa shape index (κ1) is 24.1. The summed E-state index contributed by atoms with van der Waals surface area (Å²) in [6, 6.07) is 0. The Kier molecular flexibility index (Phi) is 13.0. The van der Waals surface area contributed by atoms with Crippen LogP contribution in [-0.4, -0.2) is 54.0 Å². The second kappa shape index (κ2) is 14.1. The summed E-state index contributed by atoms with van der Waals surface area (Å²) in [5.74, 6) is 0. The van der Waals surface area contributed by atoms with Gasteiger partial charge in [0.25, 0.3) is 0 Å². The van der Waals surface area contributed by atoms with Gasteiger partial charge in [-0.2, -0.15) is 0 Å². The van der Waals surface area contributed by atoms with E-state index in [4.69, 9.17) is 22.8 Å². The molecule has 3 atom stereocenters. The molecule has 0 spiro atoms. The van der Waals surface area contributed by atoms with Crippen LogP contribution in [0.15, 0.2) is 0 Å². The third-order valence-corrected chi connectivity index (χ3v) is 8.13. The molecule has 1 fully saturated rings. The molecule has 1 heterocycles. The van der Waals surface area contributed by atoms with Gasteiger partial charge in [0.15, 0.2) is 0 Å². The van der Waals surface area contributed by atoms with Crippen molar-refractivity contribution in [3.63, 3.8) is 0 Å². The third-order valence-electron chi connectivity index (χ3n) is 4.82. The van der Waals surface area contributed by atoms with Gasteiger partial charge in [0, 0.05) is 19.8 Å². The van der Waals surface area contributed by atoms with Crippen LogP contribution >= 0.6 is 0 Å². The number of epoxide rings is 1. The van der Waals surface area contributed by atoms with Crippen molar-refractivity contribution in [2.24, 2.45) is 0 Å². The van der Waals surface area contributed by atoms with E-state index >= 15 is 0 Å². The highest BCUT2D eigenvalue weighted by Gasteiger charge is 2.51. The van der Waals surface area contributed by atoms with E-state index in [9.17, 15) is 0 Å². The fourth-order valence-corrected chi connectivity index (χ4v) is 5.95. The lowest BCUT2D eigenvalue weighted by atomic mass is 10.2. The molecule has 0 aromatic rings. The number of hydrogen-bond donors (Lipinski definition) is 0. The van der Waals surface area contributed by atoms with Crippen LogP contribution in [0.25, 0.3) is 0 Å². The molecule has 0 aromatic carbocycles. The van der Waals surface area contributed by atoms with Gasteiger partial charge < -0.3 is 22.8 Å². The predicted molar refractivity (Wildman–Crippen MR) is 108 cm³/mol. The topological polar surface area (TPSA) is 49.5 Å². The SMILES string of the molecule is CCCCO[Si](OCCCC)(OCCCC)C(C)C(CC)OCC1CO1. The fraction of sp³-hybridized carbons (Fsp3) is 1.00. The van der Waals surface area contributed by atoms with Crippen LogP contribution in [0.5, 0.6) is 0 Å². The van der Waals surface area contributed by atoms with E-state index in [0.29, 0.717) is 26.4 Å². The quantitative estimate of drug-likeness (QED) is 0.188. The first-order valence-corrected chi connectivity index (χ1v) is 12.6. The molecule has 0 bridgehead atoms. The molecular weight excluding hydrogens is 348 g/mol. The highest BCUT2D eigenvalue weighted by Crippen LogP contribution is 2.33. The van der Waals surface area contributed by atoms with Crippen LogP contribution in [0.1, 0.15) is 79.6 Å². The van der Waals surface area contributed by atoms with Crippen molar-refractivity contribution in [2.75, 3.05) is 33.0 Å². The van der Waals surface area contributed by atoms with E-state index in [1.807, 2.05) is 0 Å². The number of unbranched alkanes of at least 4 members (excludes halogenated alkanes) is 3. The first-order valence-electron chi connectivity index (χ1n) is 10.8. The molecule has 5 nitrogen and oxygen atoms in total. The van der Waals surface area contributed by atoms with Crippen molar-refractivity contribution in [3.8, 4) is 0 Å². The van der Waals surface area contributed by atoms with E-state index in [2.05, 4.69) is 34.6 Å². The van der Waals surface area contributed by atoms with Crippen molar-refractivity contribution in [2.45, 2.75) is 97.3 Å². The van der Waals surface area contributed by atoms with E-state index in [-0.39, 0.29) is 17.7 Å². The molecule has 0 saturated carbocycles. The molecule has 156 valence electrons. The average molecular weight is 391 g/mol. The highest BCUT2D eigenvalue weighted by atomic mass is 28.4. The Bertz CT molecular complexity index is 312. The van der Waals surface area contributed by atoms with Gasteiger partial charge in [-0.05, 0) is 25.7 Å². The standard InChI is InChI=1S/C20H42O5Si/c1-6-10-13-23-26(24-14-11-7-2,25-15-12-8-3)18(5)20(9-4)22-17-19-16-21-19/h18-20H,6-17H2,1-5H3. The van der Waals surface area contributed by atoms with E-state index in [0.717, 1.165) is 51.6 Å². The van der Waals surface area contributed by atoms with Crippen LogP contribution < -0.4 is 0 Å². The Morgan fingerprint density at radius 2 is 1.35 bits per heavy atom. The molecular formula is C20H42O5Si. The molecule has 1 rings (SSSR count). The van der Waals surface area contributed by atoms with Gasteiger partial charge in [-0.25, -0.2) is 0 Å². The van der Waals surface area contributed by atoms with Crippen LogP contribution in [0, 0.1) is 0 Å². The zero-order valence-corrected chi connectivity index (χ0v) is 18.8. The minimum Gasteiger partial charge on any atom is -0.375 e. The molecule has 0 radical (unpaired) electrons. The maximum Gasteiger partial charge on any atom is 0.506 e. The normalized spacial score (nSPS) is 19.5. The van der Waals surface area contributed by atoms with Gasteiger partial charge in [-0.15, -0.1) is 0 Å². The molecule has 1 saturated heterocycles. The van der Waals surface area contributed by atoms with Crippen LogP contribution in [-0.2, 0) is 22.8 Å². The Morgan fingerprint density at radius 3 is 1.69 bits per heavy atom. The number of rotatable bonds is 18. The Morgan fingerprint density at radius 1 is 0.885 bits per heavy atom. The minimum atomic E-state index is -2.81. The lowest BCUT2D eigenvalue weighted by molar-refractivity contribution is -0.00520. The van der Waals surface area contributed by atoms with Crippen LogP contribution in [0.4, 0.5) is 0 Å². The van der Waals surface area contributed by atoms with Gasteiger partial charge in [0.05, 0.1) is 24.9 Å². The zero-order chi connectivity index (χ0) is 19.3. The van der Waals surface area contributed by atoms with Gasteiger partial charge >= 0.3 is 8.80 Å². The average Bonchev–Trinajstić information content (AvgIpc) is 3.46. The van der Waals surface area contributed by atoms with Crippen molar-refractivity contribution >= 4 is 8.80 Å². The highest BCUT2D eigenvalue weighted by molar-refractivity contribution is 6.62. The van der Waals surface area contributed by atoms with Crippen molar-refractivity contribution in [3.05, 3.63) is 0 Å². The summed E-state index contributed by atoms with van der Waals surface area (Å²) in [4.78, 5) is 0. The largest absolute Gasteiger partial charge is 0.506 e. The molecule has 26 heavy (non-hydrogen) atoms. The van der Waals surface area contributed by atoms with Gasteiger partial charge in [-0.1, -0.05) is 53.9 Å². The summed E-state index contributed by atoms with van der Waals surface area (Å²) < 4.78 is 30.7. The van der Waals surface area contributed by atoms with E-state index < -0.39 is 8.80 Å². The third kappa shape index (κ3) is 8.80. The summed E-state index contributed by atoms with van der Waals surface area (Å²) in [5.41, 5.74) is 0.122. The van der Waals surface area contributed by atoms with Crippen molar-refractivity contribution in [1.82, 2.24) is 0 Å². The molecule has 1 aliphatic rings. The summed E-state index contributed by atoms with van der Waals surface area (Å²) in [6.07, 6.45) is 7.69. The molecule has 6 heteroatoms. The second-order valence-electron chi connectivity index (χ2n) is 7.23. The summed E-state index contributed by atoms with van der Waals surface area (Å²) >= 11 is 0. The fourth-order valence-electron chi connectivity index (χ4n) is 2.83. The molecule has 3 unspecified atom stereocenters. The minimum absolute atomic E-state index is 0.0794. The lowest BCUT2D eigenvalue weighted by Gasteiger charge is -2.38. The summed E-state index contributed by atoms with van der Waals surface area (Å²) in [7, 11) is -2.81. The van der Waals surface area contributed by atoms with Gasteiger partial charge in [0.2, 0.25) is 0 Å². The second-order valence-corrected chi connectivity index (χ2v) is 10.2. The lowest BCUT2D eigenvalue weighted by Crippen LogP contribution is -2.53. The van der Waals surface area contributed by atoms with Crippen LogP contribution in [0.3, 0.4) is 0 Å². The maximum atomic E-state index is 6.41. The van der Waals surface area contributed by atoms with Crippen molar-refractivity contribution in [1.29, 1.82) is 0 Å². The maximum absolute atomic E-state index is 6.41. The predicted octanol–water partition coefficient (Wildman–Crippen LogP) is 4.96. The molecule has 0 N–H and O–H groups in total. The van der Waals surface area contributed by atoms with E-state index in [1.165, 1.54) is 0 Å². The van der Waals surface area contributed by atoms with Gasteiger partial charge in [0.1, 0.15) is 6.10 Å². The van der Waals surface area contributed by atoms with Crippen molar-refractivity contribution < 1.29 is 22.8 Å². The first-order chi connectivity index (χ1) is 12.6. The zero-order valence-electron chi connectivity index (χ0n) is 17.8. The molecule has 0 aliphatic carbocycles. The summed E-state index contributed by atoms with van der Waals surface area (Å²) in [6.45, 7) is 14.5. The monoisotopic (exact) mass is 390 g/mol. The Hall–Kier alpha value is 0.0169. The molecule has 0 amide bonds. The van der Waals surface area contributed by atoms with Crippen LogP contribution in [0.2, 0.25) is 5.54 Å². The number of ether oxygens (including phenoxy) is 2. The van der Waals surface area contributed by atoms with E-state index in [1.54, 1.807) is 0 Å². The molecule has 0 aromatic heterocycles. The Balaban J connectivity index is 2.83.